The first-order chi connectivity index (χ1) is 11.5. The maximum atomic E-state index is 11.6. The lowest BCUT2D eigenvalue weighted by molar-refractivity contribution is -0.111. The van der Waals surface area contributed by atoms with Gasteiger partial charge in [0.05, 0.1) is 4.58 Å². The summed E-state index contributed by atoms with van der Waals surface area (Å²) in [6, 6.07) is 0. The molecule has 0 unspecified atom stereocenters. The van der Waals surface area contributed by atoms with Gasteiger partial charge in [0.2, 0.25) is 0 Å². The minimum absolute atomic E-state index is 0.0629. The van der Waals surface area contributed by atoms with E-state index < -0.39 is 0 Å². The molecule has 0 aromatic heterocycles. The average Bonchev–Trinajstić information content (AvgIpc) is 2.53. The van der Waals surface area contributed by atoms with Crippen molar-refractivity contribution in [2.75, 3.05) is 33.6 Å². The van der Waals surface area contributed by atoms with Crippen molar-refractivity contribution in [1.29, 1.82) is 0 Å². The second-order valence-electron chi connectivity index (χ2n) is 4.03. The van der Waals surface area contributed by atoms with E-state index in [0.717, 1.165) is 0 Å². The largest absolute Gasteiger partial charge is 0.287 e. The molecular formula is C13H19Cl3O3S5. The van der Waals surface area contributed by atoms with Crippen LogP contribution in [-0.2, 0) is 14.4 Å². The molecule has 0 radical (unpaired) electrons. The van der Waals surface area contributed by atoms with Crippen LogP contribution in [0.25, 0.3) is 0 Å². The van der Waals surface area contributed by atoms with Crippen molar-refractivity contribution in [3.63, 3.8) is 0 Å². The molecule has 24 heavy (non-hydrogen) atoms. The van der Waals surface area contributed by atoms with E-state index in [0.29, 0.717) is 52.8 Å². The van der Waals surface area contributed by atoms with E-state index in [1.165, 1.54) is 35.3 Å². The van der Waals surface area contributed by atoms with Crippen molar-refractivity contribution in [1.82, 2.24) is 0 Å². The third kappa shape index (κ3) is 15.9. The zero-order chi connectivity index (χ0) is 18.2. The van der Waals surface area contributed by atoms with Crippen molar-refractivity contribution in [2.24, 2.45) is 0 Å². The SMILES string of the molecule is O=C(CCCl)SCSC(CSC(=O)CCCl)SCSC(=O)CCCl. The number of thioether (sulfide) groups is 5. The number of carbonyl (C=O) groups excluding carboxylic acids is 3. The topological polar surface area (TPSA) is 51.2 Å². The van der Waals surface area contributed by atoms with Gasteiger partial charge in [0, 0.05) is 52.8 Å². The van der Waals surface area contributed by atoms with Crippen LogP contribution in [0.4, 0.5) is 0 Å². The Balaban J connectivity index is 4.19. The quantitative estimate of drug-likeness (QED) is 0.239. The van der Waals surface area contributed by atoms with E-state index in [4.69, 9.17) is 34.8 Å². The Morgan fingerprint density at radius 3 is 1.42 bits per heavy atom. The molecule has 0 N–H and O–H groups in total. The van der Waals surface area contributed by atoms with Gasteiger partial charge < -0.3 is 0 Å². The molecule has 0 heterocycles. The van der Waals surface area contributed by atoms with Crippen LogP contribution in [0.15, 0.2) is 0 Å². The van der Waals surface area contributed by atoms with Gasteiger partial charge in [-0.25, -0.2) is 0 Å². The molecule has 0 aliphatic carbocycles. The van der Waals surface area contributed by atoms with Crippen LogP contribution in [-0.4, -0.2) is 53.5 Å². The highest BCUT2D eigenvalue weighted by molar-refractivity contribution is 8.31. The molecular weight excluding hydrogens is 471 g/mol. The molecule has 0 amide bonds. The van der Waals surface area contributed by atoms with Gasteiger partial charge in [-0.05, 0) is 0 Å². The average molecular weight is 490 g/mol. The first kappa shape index (κ1) is 25.6. The van der Waals surface area contributed by atoms with Crippen LogP contribution in [0.2, 0.25) is 0 Å². The summed E-state index contributed by atoms with van der Waals surface area (Å²) in [7, 11) is 0. The van der Waals surface area contributed by atoms with Gasteiger partial charge in [0.15, 0.2) is 15.3 Å². The summed E-state index contributed by atoms with van der Waals surface area (Å²) in [6.45, 7) is 0. The highest BCUT2D eigenvalue weighted by Crippen LogP contribution is 2.33. The first-order valence-electron chi connectivity index (χ1n) is 6.91. The highest BCUT2D eigenvalue weighted by Gasteiger charge is 2.15. The molecule has 11 heteroatoms. The van der Waals surface area contributed by atoms with Crippen molar-refractivity contribution >= 4 is 109 Å². The molecule has 0 spiro atoms. The van der Waals surface area contributed by atoms with Crippen molar-refractivity contribution in [2.45, 2.75) is 23.8 Å². The summed E-state index contributed by atoms with van der Waals surface area (Å²) in [5.74, 6) is 1.61. The second kappa shape index (κ2) is 18.0. The lowest BCUT2D eigenvalue weighted by Crippen LogP contribution is -2.07. The fraction of sp³-hybridized carbons (Fsp3) is 0.769. The Hall–Kier alpha value is 1.63. The van der Waals surface area contributed by atoms with Gasteiger partial charge in [-0.1, -0.05) is 35.3 Å². The highest BCUT2D eigenvalue weighted by atomic mass is 35.5. The van der Waals surface area contributed by atoms with Gasteiger partial charge in [-0.3, -0.25) is 14.4 Å². The number of carbonyl (C=O) groups is 3. The Morgan fingerprint density at radius 1 is 0.667 bits per heavy atom. The normalized spacial score (nSPS) is 11.0. The van der Waals surface area contributed by atoms with Gasteiger partial charge in [0.25, 0.3) is 0 Å². The van der Waals surface area contributed by atoms with Gasteiger partial charge in [0.1, 0.15) is 0 Å². The van der Waals surface area contributed by atoms with Crippen LogP contribution in [0.1, 0.15) is 19.3 Å². The Morgan fingerprint density at radius 2 is 1.04 bits per heavy atom. The summed E-state index contributed by atoms with van der Waals surface area (Å²) >= 11 is 23.6. The van der Waals surface area contributed by atoms with Crippen molar-refractivity contribution in [3.8, 4) is 0 Å². The summed E-state index contributed by atoms with van der Waals surface area (Å²) in [4.78, 5) is 34.5. The van der Waals surface area contributed by atoms with Crippen molar-refractivity contribution < 1.29 is 14.4 Å². The smallest absolute Gasteiger partial charge is 0.190 e. The molecule has 0 saturated carbocycles. The molecule has 0 aromatic carbocycles. The molecule has 3 nitrogen and oxygen atoms in total. The molecule has 0 rings (SSSR count). The van der Waals surface area contributed by atoms with E-state index in [1.54, 1.807) is 23.5 Å². The molecule has 0 aromatic rings. The number of halogens is 3. The van der Waals surface area contributed by atoms with E-state index in [2.05, 4.69) is 0 Å². The Labute approximate surface area is 179 Å². The number of rotatable bonds is 14. The molecule has 0 atom stereocenters. The van der Waals surface area contributed by atoms with Gasteiger partial charge in [-0.2, -0.15) is 0 Å². The minimum atomic E-state index is 0.0629. The standard InChI is InChI=1S/C13H19Cl3O3S5/c14-4-1-10(17)20-7-13(23-8-21-11(18)2-5-15)24-9-22-12(19)3-6-16/h13H,1-9H2. The summed E-state index contributed by atoms with van der Waals surface area (Å²) in [6.07, 6.45) is 1.06. The van der Waals surface area contributed by atoms with Crippen LogP contribution in [0.5, 0.6) is 0 Å². The third-order valence-corrected chi connectivity index (χ3v) is 9.22. The molecule has 0 aliphatic rings. The van der Waals surface area contributed by atoms with E-state index in [-0.39, 0.29) is 19.9 Å². The zero-order valence-electron chi connectivity index (χ0n) is 12.8. The number of hydrogen-bond donors (Lipinski definition) is 0. The number of hydrogen-bond acceptors (Lipinski definition) is 8. The van der Waals surface area contributed by atoms with Gasteiger partial charge in [-0.15, -0.1) is 58.3 Å². The third-order valence-electron chi connectivity index (χ3n) is 2.22. The molecule has 0 fully saturated rings. The summed E-state index contributed by atoms with van der Waals surface area (Å²) in [5, 5.41) is 1.42. The van der Waals surface area contributed by atoms with E-state index in [9.17, 15) is 14.4 Å². The van der Waals surface area contributed by atoms with Crippen LogP contribution < -0.4 is 0 Å². The fourth-order valence-corrected chi connectivity index (χ4v) is 8.39. The lowest BCUT2D eigenvalue weighted by Gasteiger charge is -2.14. The van der Waals surface area contributed by atoms with Crippen LogP contribution in [0, 0.1) is 0 Å². The van der Waals surface area contributed by atoms with Crippen LogP contribution in [0.3, 0.4) is 0 Å². The fourth-order valence-electron chi connectivity index (χ4n) is 1.10. The second-order valence-corrected chi connectivity index (χ2v) is 11.7. The first-order valence-corrected chi connectivity index (χ1v) is 13.6. The zero-order valence-corrected chi connectivity index (χ0v) is 19.2. The molecule has 140 valence electrons. The predicted octanol–water partition coefficient (Wildman–Crippen LogP) is 5.36. The van der Waals surface area contributed by atoms with Crippen LogP contribution >= 0.6 is 93.6 Å². The minimum Gasteiger partial charge on any atom is -0.287 e. The molecule has 0 bridgehead atoms. The molecule has 0 aliphatic heterocycles. The Kier molecular flexibility index (Phi) is 19.2. The summed E-state index contributed by atoms with van der Waals surface area (Å²) < 4.78 is 0.127. The van der Waals surface area contributed by atoms with Crippen molar-refractivity contribution in [3.05, 3.63) is 0 Å². The Bertz CT molecular complexity index is 364. The predicted molar refractivity (Wildman–Crippen MR) is 117 cm³/mol. The summed E-state index contributed by atoms with van der Waals surface area (Å²) in [5.41, 5.74) is 0. The lowest BCUT2D eigenvalue weighted by atomic mass is 10.6. The van der Waals surface area contributed by atoms with E-state index >= 15 is 0 Å². The van der Waals surface area contributed by atoms with Gasteiger partial charge >= 0.3 is 0 Å². The number of alkyl halides is 3. The van der Waals surface area contributed by atoms with E-state index in [1.807, 2.05) is 0 Å². The maximum Gasteiger partial charge on any atom is 0.190 e. The molecule has 0 saturated heterocycles. The monoisotopic (exact) mass is 488 g/mol. The maximum absolute atomic E-state index is 11.6.